The fourth-order valence-electron chi connectivity index (χ4n) is 0.775. The van der Waals surface area contributed by atoms with E-state index in [4.69, 9.17) is 0 Å². The second kappa shape index (κ2) is 8.92. The van der Waals surface area contributed by atoms with Gasteiger partial charge in [0.15, 0.2) is 0 Å². The van der Waals surface area contributed by atoms with Crippen molar-refractivity contribution in [2.45, 2.75) is 20.3 Å². The van der Waals surface area contributed by atoms with E-state index < -0.39 is 0 Å². The average Bonchev–Trinajstić information content (AvgIpc) is 1.91. The molecule has 0 aliphatic rings. The first-order valence-electron chi connectivity index (χ1n) is 3.51. The highest BCUT2D eigenvalue weighted by Gasteiger charge is 1.94. The van der Waals surface area contributed by atoms with E-state index in [9.17, 15) is 4.79 Å². The van der Waals surface area contributed by atoms with Crippen LogP contribution in [0.3, 0.4) is 0 Å². The molecule has 2 nitrogen and oxygen atoms in total. The molecule has 0 heterocycles. The summed E-state index contributed by atoms with van der Waals surface area (Å²) < 4.78 is 0. The Hall–Kier alpha value is -0.0800. The van der Waals surface area contributed by atoms with Crippen LogP contribution in [-0.4, -0.2) is 30.8 Å². The van der Waals surface area contributed by atoms with Gasteiger partial charge in [-0.15, -0.1) is 12.4 Å². The molecule has 0 radical (unpaired) electrons. The molecule has 0 aromatic carbocycles. The number of hydrogen-bond acceptors (Lipinski definition) is 2. The largest absolute Gasteiger partial charge is 0.303 e. The molecule has 62 valence electrons. The van der Waals surface area contributed by atoms with Crippen LogP contribution in [0, 0.1) is 0 Å². The number of rotatable bonds is 5. The summed E-state index contributed by atoms with van der Waals surface area (Å²) in [6.07, 6.45) is 1.64. The molecule has 0 aromatic heterocycles. The number of halogens is 1. The van der Waals surface area contributed by atoms with E-state index in [2.05, 4.69) is 18.7 Å². The molecule has 0 aliphatic heterocycles. The van der Waals surface area contributed by atoms with Gasteiger partial charge < -0.3 is 9.69 Å². The predicted octanol–water partition coefficient (Wildman–Crippen LogP) is 1.34. The second-order valence-electron chi connectivity index (χ2n) is 1.98. The fourth-order valence-corrected chi connectivity index (χ4v) is 0.775. The lowest BCUT2D eigenvalue weighted by molar-refractivity contribution is -0.108. The first-order valence-corrected chi connectivity index (χ1v) is 3.51. The lowest BCUT2D eigenvalue weighted by Gasteiger charge is -2.15. The third kappa shape index (κ3) is 6.05. The van der Waals surface area contributed by atoms with Crippen LogP contribution >= 0.6 is 12.4 Å². The Morgan fingerprint density at radius 2 is 1.80 bits per heavy atom. The van der Waals surface area contributed by atoms with Crippen LogP contribution in [-0.2, 0) is 4.79 Å². The van der Waals surface area contributed by atoms with Crippen molar-refractivity contribution < 1.29 is 4.79 Å². The van der Waals surface area contributed by atoms with Gasteiger partial charge in [-0.25, -0.2) is 0 Å². The lowest BCUT2D eigenvalue weighted by Crippen LogP contribution is -2.24. The maximum Gasteiger partial charge on any atom is 0.121 e. The monoisotopic (exact) mass is 165 g/mol. The Morgan fingerprint density at radius 1 is 1.30 bits per heavy atom. The normalized spacial score (nSPS) is 9.10. The molecule has 0 fully saturated rings. The van der Waals surface area contributed by atoms with Gasteiger partial charge in [0, 0.05) is 13.0 Å². The first kappa shape index (κ1) is 12.6. The van der Waals surface area contributed by atoms with E-state index in [1.165, 1.54) is 0 Å². The summed E-state index contributed by atoms with van der Waals surface area (Å²) in [6.45, 7) is 7.22. The fraction of sp³-hybridized carbons (Fsp3) is 0.857. The highest BCUT2D eigenvalue weighted by molar-refractivity contribution is 5.85. The highest BCUT2D eigenvalue weighted by atomic mass is 35.5. The molecule has 0 bridgehead atoms. The zero-order valence-corrected chi connectivity index (χ0v) is 7.49. The van der Waals surface area contributed by atoms with Crippen molar-refractivity contribution in [1.82, 2.24) is 4.90 Å². The smallest absolute Gasteiger partial charge is 0.121 e. The van der Waals surface area contributed by atoms with Gasteiger partial charge in [0.1, 0.15) is 6.29 Å². The molecular weight excluding hydrogens is 150 g/mol. The quantitative estimate of drug-likeness (QED) is 0.574. The molecule has 10 heavy (non-hydrogen) atoms. The van der Waals surface area contributed by atoms with Crippen molar-refractivity contribution in [1.29, 1.82) is 0 Å². The van der Waals surface area contributed by atoms with Crippen LogP contribution in [0.1, 0.15) is 20.3 Å². The van der Waals surface area contributed by atoms with Crippen LogP contribution in [0.25, 0.3) is 0 Å². The molecule has 0 amide bonds. The number of aldehydes is 1. The topological polar surface area (TPSA) is 20.3 Å². The summed E-state index contributed by atoms with van der Waals surface area (Å²) in [5, 5.41) is 0. The van der Waals surface area contributed by atoms with Crippen LogP contribution in [0.4, 0.5) is 0 Å². The van der Waals surface area contributed by atoms with E-state index >= 15 is 0 Å². The third-order valence-corrected chi connectivity index (χ3v) is 1.46. The Morgan fingerprint density at radius 3 is 2.10 bits per heavy atom. The van der Waals surface area contributed by atoms with Crippen molar-refractivity contribution in [2.75, 3.05) is 19.6 Å². The van der Waals surface area contributed by atoms with Gasteiger partial charge in [0.05, 0.1) is 0 Å². The summed E-state index contributed by atoms with van der Waals surface area (Å²) in [5.41, 5.74) is 0. The SMILES string of the molecule is CCN(CC)CCC=O.Cl. The molecule has 0 saturated carbocycles. The minimum Gasteiger partial charge on any atom is -0.303 e. The molecular formula is C7H16ClNO. The Bertz CT molecular complexity index is 74.0. The number of carbonyl (C=O) groups excluding carboxylic acids is 1. The third-order valence-electron chi connectivity index (χ3n) is 1.46. The summed E-state index contributed by atoms with van der Waals surface area (Å²) >= 11 is 0. The maximum atomic E-state index is 9.91. The zero-order valence-electron chi connectivity index (χ0n) is 6.67. The van der Waals surface area contributed by atoms with Crippen molar-refractivity contribution >= 4 is 18.7 Å². The van der Waals surface area contributed by atoms with Crippen LogP contribution in [0.15, 0.2) is 0 Å². The van der Waals surface area contributed by atoms with Gasteiger partial charge in [-0.2, -0.15) is 0 Å². The minimum atomic E-state index is 0. The lowest BCUT2D eigenvalue weighted by atomic mass is 10.4. The summed E-state index contributed by atoms with van der Waals surface area (Å²) in [7, 11) is 0. The molecule has 0 rings (SSSR count). The Balaban J connectivity index is 0. The first-order chi connectivity index (χ1) is 4.35. The van der Waals surface area contributed by atoms with Gasteiger partial charge in [-0.1, -0.05) is 13.8 Å². The minimum absolute atomic E-state index is 0. The zero-order chi connectivity index (χ0) is 7.11. The molecule has 0 spiro atoms. The number of hydrogen-bond donors (Lipinski definition) is 0. The van der Waals surface area contributed by atoms with Gasteiger partial charge in [0.2, 0.25) is 0 Å². The van der Waals surface area contributed by atoms with Gasteiger partial charge in [0.25, 0.3) is 0 Å². The van der Waals surface area contributed by atoms with E-state index in [-0.39, 0.29) is 12.4 Å². The molecule has 0 aliphatic carbocycles. The van der Waals surface area contributed by atoms with Crippen molar-refractivity contribution in [2.24, 2.45) is 0 Å². The van der Waals surface area contributed by atoms with E-state index in [1.807, 2.05) is 0 Å². The van der Waals surface area contributed by atoms with Crippen molar-refractivity contribution in [3.8, 4) is 0 Å². The summed E-state index contributed by atoms with van der Waals surface area (Å²) in [6, 6.07) is 0. The molecule has 0 unspecified atom stereocenters. The van der Waals surface area contributed by atoms with Crippen LogP contribution < -0.4 is 0 Å². The van der Waals surface area contributed by atoms with E-state index in [0.717, 1.165) is 25.9 Å². The molecule has 0 saturated heterocycles. The van der Waals surface area contributed by atoms with E-state index in [1.54, 1.807) is 0 Å². The summed E-state index contributed by atoms with van der Waals surface area (Å²) in [5.74, 6) is 0. The van der Waals surface area contributed by atoms with E-state index in [0.29, 0.717) is 6.42 Å². The maximum absolute atomic E-state index is 9.91. The van der Waals surface area contributed by atoms with Crippen LogP contribution in [0.2, 0.25) is 0 Å². The van der Waals surface area contributed by atoms with Gasteiger partial charge in [-0.05, 0) is 13.1 Å². The molecule has 3 heteroatoms. The Kier molecular flexibility index (Phi) is 11.2. The van der Waals surface area contributed by atoms with Crippen molar-refractivity contribution in [3.05, 3.63) is 0 Å². The molecule has 0 atom stereocenters. The standard InChI is InChI=1S/C7H15NO.ClH/c1-3-8(4-2)6-5-7-9;/h7H,3-6H2,1-2H3;1H. The molecule has 0 aromatic rings. The average molecular weight is 166 g/mol. The second-order valence-corrected chi connectivity index (χ2v) is 1.98. The van der Waals surface area contributed by atoms with Crippen molar-refractivity contribution in [3.63, 3.8) is 0 Å². The number of carbonyl (C=O) groups is 1. The summed E-state index contributed by atoms with van der Waals surface area (Å²) in [4.78, 5) is 12.1. The molecule has 0 N–H and O–H groups in total. The van der Waals surface area contributed by atoms with Gasteiger partial charge >= 0.3 is 0 Å². The van der Waals surface area contributed by atoms with Gasteiger partial charge in [-0.3, -0.25) is 0 Å². The highest BCUT2D eigenvalue weighted by Crippen LogP contribution is 1.86. The predicted molar refractivity (Wildman–Crippen MR) is 45.7 cm³/mol. The number of nitrogens with zero attached hydrogens (tertiary/aromatic N) is 1. The van der Waals surface area contributed by atoms with Crippen LogP contribution in [0.5, 0.6) is 0 Å². The Labute approximate surface area is 69.0 Å².